The van der Waals surface area contributed by atoms with Gasteiger partial charge in [-0.1, -0.05) is 23.8 Å². The van der Waals surface area contributed by atoms with Crippen molar-refractivity contribution in [2.24, 2.45) is 0 Å². The first-order valence-electron chi connectivity index (χ1n) is 5.65. The lowest BCUT2D eigenvalue weighted by Crippen LogP contribution is -2.02. The summed E-state index contributed by atoms with van der Waals surface area (Å²) < 4.78 is 5.70. The van der Waals surface area contributed by atoms with Gasteiger partial charge in [-0.2, -0.15) is 0 Å². The molecule has 1 aromatic carbocycles. The minimum atomic E-state index is 0.0238. The Morgan fingerprint density at radius 2 is 2.18 bits per heavy atom. The maximum atomic E-state index is 9.25. The second-order valence-electron chi connectivity index (χ2n) is 3.95. The topological polar surface area (TPSA) is 29.5 Å². The lowest BCUT2D eigenvalue weighted by Gasteiger charge is -2.10. The van der Waals surface area contributed by atoms with Crippen LogP contribution in [-0.2, 0) is 13.0 Å². The van der Waals surface area contributed by atoms with Crippen LogP contribution >= 0.6 is 11.3 Å². The molecule has 1 aromatic heterocycles. The predicted octanol–water partition coefficient (Wildman–Crippen LogP) is 3.17. The quantitative estimate of drug-likeness (QED) is 0.880. The molecule has 1 heterocycles. The standard InChI is InChI=1S/C14H16O2S/c1-11-4-5-14(12(9-11)10-15)16-7-6-13-3-2-8-17-13/h2-5,8-9,15H,6-7,10H2,1H3. The molecule has 0 atom stereocenters. The Hall–Kier alpha value is -1.32. The highest BCUT2D eigenvalue weighted by molar-refractivity contribution is 7.09. The van der Waals surface area contributed by atoms with E-state index in [2.05, 4.69) is 11.4 Å². The van der Waals surface area contributed by atoms with E-state index in [9.17, 15) is 5.11 Å². The molecule has 3 heteroatoms. The number of benzene rings is 1. The number of aryl methyl sites for hydroxylation is 1. The van der Waals surface area contributed by atoms with E-state index in [-0.39, 0.29) is 6.61 Å². The Labute approximate surface area is 105 Å². The Morgan fingerprint density at radius 1 is 1.29 bits per heavy atom. The minimum Gasteiger partial charge on any atom is -0.493 e. The Morgan fingerprint density at radius 3 is 2.88 bits per heavy atom. The first-order valence-corrected chi connectivity index (χ1v) is 6.53. The van der Waals surface area contributed by atoms with Crippen LogP contribution in [0.5, 0.6) is 5.75 Å². The van der Waals surface area contributed by atoms with Gasteiger partial charge in [-0.05, 0) is 24.4 Å². The first-order chi connectivity index (χ1) is 8.29. The molecule has 0 saturated heterocycles. The molecule has 0 fully saturated rings. The zero-order valence-electron chi connectivity index (χ0n) is 9.85. The molecule has 90 valence electrons. The van der Waals surface area contributed by atoms with Crippen LogP contribution in [0.1, 0.15) is 16.0 Å². The molecule has 0 saturated carbocycles. The molecule has 17 heavy (non-hydrogen) atoms. The minimum absolute atomic E-state index is 0.0238. The molecule has 0 bridgehead atoms. The van der Waals surface area contributed by atoms with Crippen LogP contribution in [0.15, 0.2) is 35.7 Å². The van der Waals surface area contributed by atoms with Crippen LogP contribution in [0.25, 0.3) is 0 Å². The molecule has 0 aliphatic rings. The van der Waals surface area contributed by atoms with Crippen LogP contribution in [0.2, 0.25) is 0 Å². The van der Waals surface area contributed by atoms with Crippen LogP contribution in [0.3, 0.4) is 0 Å². The summed E-state index contributed by atoms with van der Waals surface area (Å²) in [6, 6.07) is 10.0. The van der Waals surface area contributed by atoms with Crippen LogP contribution in [0.4, 0.5) is 0 Å². The first kappa shape index (κ1) is 12.1. The van der Waals surface area contributed by atoms with Crippen molar-refractivity contribution in [2.45, 2.75) is 20.0 Å². The van der Waals surface area contributed by atoms with E-state index in [1.807, 2.05) is 31.2 Å². The maximum absolute atomic E-state index is 9.25. The third-order valence-electron chi connectivity index (χ3n) is 2.57. The average Bonchev–Trinajstić information content (AvgIpc) is 2.84. The van der Waals surface area contributed by atoms with E-state index in [0.29, 0.717) is 6.61 Å². The zero-order valence-corrected chi connectivity index (χ0v) is 10.7. The summed E-state index contributed by atoms with van der Waals surface area (Å²) in [6.07, 6.45) is 0.913. The van der Waals surface area contributed by atoms with Gasteiger partial charge in [0, 0.05) is 16.9 Å². The van der Waals surface area contributed by atoms with E-state index in [1.165, 1.54) is 4.88 Å². The summed E-state index contributed by atoms with van der Waals surface area (Å²) in [7, 11) is 0. The fourth-order valence-electron chi connectivity index (χ4n) is 1.69. The van der Waals surface area contributed by atoms with Crippen LogP contribution < -0.4 is 4.74 Å². The Kier molecular flexibility index (Phi) is 4.18. The van der Waals surface area contributed by atoms with Gasteiger partial charge in [-0.3, -0.25) is 0 Å². The number of hydrogen-bond acceptors (Lipinski definition) is 3. The van der Waals surface area contributed by atoms with Crippen molar-refractivity contribution < 1.29 is 9.84 Å². The molecule has 2 aromatic rings. The Balaban J connectivity index is 1.94. The highest BCUT2D eigenvalue weighted by Gasteiger charge is 2.03. The van der Waals surface area contributed by atoms with Gasteiger partial charge in [0.05, 0.1) is 13.2 Å². The van der Waals surface area contributed by atoms with E-state index < -0.39 is 0 Å². The SMILES string of the molecule is Cc1ccc(OCCc2cccs2)c(CO)c1. The van der Waals surface area contributed by atoms with Gasteiger partial charge < -0.3 is 9.84 Å². The van der Waals surface area contributed by atoms with Crippen molar-refractivity contribution in [1.82, 2.24) is 0 Å². The highest BCUT2D eigenvalue weighted by atomic mass is 32.1. The number of ether oxygens (including phenoxy) is 1. The van der Waals surface area contributed by atoms with Gasteiger partial charge in [0.15, 0.2) is 0 Å². The summed E-state index contributed by atoms with van der Waals surface area (Å²) >= 11 is 1.74. The number of rotatable bonds is 5. The number of thiophene rings is 1. The molecule has 2 nitrogen and oxygen atoms in total. The van der Waals surface area contributed by atoms with Crippen molar-refractivity contribution in [3.05, 3.63) is 51.7 Å². The summed E-state index contributed by atoms with van der Waals surface area (Å²) in [5.74, 6) is 0.787. The summed E-state index contributed by atoms with van der Waals surface area (Å²) in [6.45, 7) is 2.68. The number of aliphatic hydroxyl groups is 1. The van der Waals surface area contributed by atoms with Crippen molar-refractivity contribution >= 4 is 11.3 Å². The summed E-state index contributed by atoms with van der Waals surface area (Å²) in [4.78, 5) is 1.32. The zero-order chi connectivity index (χ0) is 12.1. The molecule has 0 amide bonds. The van der Waals surface area contributed by atoms with Crippen molar-refractivity contribution in [2.75, 3.05) is 6.61 Å². The smallest absolute Gasteiger partial charge is 0.124 e. The fourth-order valence-corrected chi connectivity index (χ4v) is 2.38. The molecule has 0 aliphatic carbocycles. The third-order valence-corrected chi connectivity index (χ3v) is 3.51. The van der Waals surface area contributed by atoms with Crippen LogP contribution in [-0.4, -0.2) is 11.7 Å². The van der Waals surface area contributed by atoms with Crippen molar-refractivity contribution in [3.8, 4) is 5.75 Å². The highest BCUT2D eigenvalue weighted by Crippen LogP contribution is 2.20. The van der Waals surface area contributed by atoms with Crippen molar-refractivity contribution in [1.29, 1.82) is 0 Å². The van der Waals surface area contributed by atoms with E-state index in [0.717, 1.165) is 23.3 Å². The molecule has 0 aliphatic heterocycles. The predicted molar refractivity (Wildman–Crippen MR) is 70.6 cm³/mol. The fraction of sp³-hybridized carbons (Fsp3) is 0.286. The molecule has 2 rings (SSSR count). The van der Waals surface area contributed by atoms with Crippen molar-refractivity contribution in [3.63, 3.8) is 0 Å². The average molecular weight is 248 g/mol. The lowest BCUT2D eigenvalue weighted by molar-refractivity contribution is 0.264. The third kappa shape index (κ3) is 3.32. The maximum Gasteiger partial charge on any atom is 0.124 e. The molecule has 0 unspecified atom stereocenters. The molecule has 0 radical (unpaired) electrons. The largest absolute Gasteiger partial charge is 0.493 e. The number of hydrogen-bond donors (Lipinski definition) is 1. The van der Waals surface area contributed by atoms with Gasteiger partial charge in [0.1, 0.15) is 5.75 Å². The van der Waals surface area contributed by atoms with E-state index in [1.54, 1.807) is 11.3 Å². The lowest BCUT2D eigenvalue weighted by atomic mass is 10.1. The van der Waals surface area contributed by atoms with Gasteiger partial charge in [-0.15, -0.1) is 11.3 Å². The van der Waals surface area contributed by atoms with E-state index in [4.69, 9.17) is 4.74 Å². The molecule has 1 N–H and O–H groups in total. The number of aliphatic hydroxyl groups excluding tert-OH is 1. The van der Waals surface area contributed by atoms with Crippen LogP contribution in [0, 0.1) is 6.92 Å². The van der Waals surface area contributed by atoms with Gasteiger partial charge in [0.2, 0.25) is 0 Å². The second-order valence-corrected chi connectivity index (χ2v) is 4.98. The van der Waals surface area contributed by atoms with Gasteiger partial charge in [-0.25, -0.2) is 0 Å². The monoisotopic (exact) mass is 248 g/mol. The molecule has 0 spiro atoms. The molecular weight excluding hydrogens is 232 g/mol. The van der Waals surface area contributed by atoms with Gasteiger partial charge in [0.25, 0.3) is 0 Å². The Bertz CT molecular complexity index is 463. The summed E-state index contributed by atoms with van der Waals surface area (Å²) in [5, 5.41) is 11.3. The second kappa shape index (κ2) is 5.84. The molecular formula is C14H16O2S. The summed E-state index contributed by atoms with van der Waals surface area (Å²) in [5.41, 5.74) is 2.00. The van der Waals surface area contributed by atoms with Gasteiger partial charge >= 0.3 is 0 Å². The normalized spacial score (nSPS) is 10.5. The van der Waals surface area contributed by atoms with E-state index >= 15 is 0 Å².